The number of rotatable bonds is 5. The summed E-state index contributed by atoms with van der Waals surface area (Å²) in [6.45, 7) is 0.0602. The van der Waals surface area contributed by atoms with E-state index in [1.54, 1.807) is 22.7 Å². The van der Waals surface area contributed by atoms with Gasteiger partial charge < -0.3 is 9.84 Å². The lowest BCUT2D eigenvalue weighted by atomic mass is 10.2. The van der Waals surface area contributed by atoms with E-state index in [0.29, 0.717) is 23.3 Å². The summed E-state index contributed by atoms with van der Waals surface area (Å²) in [6.07, 6.45) is 3.91. The quantitative estimate of drug-likeness (QED) is 0.557. The molecule has 5 rings (SSSR count). The number of hydrogen-bond acceptors (Lipinski definition) is 6. The Morgan fingerprint density at radius 2 is 2.03 bits per heavy atom. The number of carbonyl (C=O) groups is 1. The van der Waals surface area contributed by atoms with Crippen molar-refractivity contribution in [2.24, 2.45) is 0 Å². The molecular formula is C19H14F2N6O2. The minimum Gasteiger partial charge on any atom is -0.345 e. The summed E-state index contributed by atoms with van der Waals surface area (Å²) in [6, 6.07) is 6.52. The Hall–Kier alpha value is -3.69. The Morgan fingerprint density at radius 3 is 2.83 bits per heavy atom. The number of benzene rings is 1. The van der Waals surface area contributed by atoms with Crippen molar-refractivity contribution in [3.63, 3.8) is 0 Å². The molecular weight excluding hydrogens is 382 g/mol. The van der Waals surface area contributed by atoms with Gasteiger partial charge in [-0.1, -0.05) is 5.16 Å². The molecule has 1 aliphatic rings. The molecule has 146 valence electrons. The lowest BCUT2D eigenvalue weighted by molar-refractivity contribution is 0.0949. The number of nitrogens with zero attached hydrogens (tertiary/aromatic N) is 5. The van der Waals surface area contributed by atoms with Crippen LogP contribution in [-0.2, 0) is 6.54 Å². The van der Waals surface area contributed by atoms with Crippen LogP contribution in [0.15, 0.2) is 41.1 Å². The van der Waals surface area contributed by atoms with Crippen molar-refractivity contribution in [2.75, 3.05) is 0 Å². The lowest BCUT2D eigenvalue weighted by Gasteiger charge is -2.05. The number of nitrogens with one attached hydrogen (secondary N) is 1. The minimum absolute atomic E-state index is 0.0165. The van der Waals surface area contributed by atoms with Crippen molar-refractivity contribution in [1.82, 2.24) is 30.1 Å². The fraction of sp³-hybridized carbons (Fsp3) is 0.211. The fourth-order valence-electron chi connectivity index (χ4n) is 2.95. The topological polar surface area (TPSA) is 98.2 Å². The second-order valence-electron chi connectivity index (χ2n) is 6.80. The van der Waals surface area contributed by atoms with E-state index in [4.69, 9.17) is 4.52 Å². The number of aromatic nitrogens is 5. The van der Waals surface area contributed by atoms with Crippen LogP contribution in [0.3, 0.4) is 0 Å². The third-order valence-electron chi connectivity index (χ3n) is 4.70. The maximum atomic E-state index is 13.3. The highest BCUT2D eigenvalue weighted by Gasteiger charge is 2.29. The molecule has 4 aromatic rings. The smallest absolute Gasteiger partial charge is 0.258 e. The summed E-state index contributed by atoms with van der Waals surface area (Å²) in [5.74, 6) is -0.612. The number of pyridine rings is 1. The van der Waals surface area contributed by atoms with E-state index in [1.165, 1.54) is 6.07 Å². The van der Waals surface area contributed by atoms with E-state index in [9.17, 15) is 13.6 Å². The molecule has 8 nitrogen and oxygen atoms in total. The van der Waals surface area contributed by atoms with Gasteiger partial charge >= 0.3 is 0 Å². The highest BCUT2D eigenvalue weighted by molar-refractivity contribution is 5.94. The largest absolute Gasteiger partial charge is 0.345 e. The summed E-state index contributed by atoms with van der Waals surface area (Å²) < 4.78 is 33.3. The third-order valence-corrected chi connectivity index (χ3v) is 4.70. The Morgan fingerprint density at radius 1 is 1.17 bits per heavy atom. The molecule has 1 aromatic carbocycles. The Balaban J connectivity index is 1.33. The van der Waals surface area contributed by atoms with Gasteiger partial charge in [-0.15, -0.1) is 10.2 Å². The van der Waals surface area contributed by atoms with Crippen molar-refractivity contribution in [1.29, 1.82) is 0 Å². The van der Waals surface area contributed by atoms with Crippen LogP contribution in [0.4, 0.5) is 8.78 Å². The molecule has 1 N–H and O–H groups in total. The molecule has 1 fully saturated rings. The molecule has 0 radical (unpaired) electrons. The second kappa shape index (κ2) is 6.73. The molecule has 0 spiro atoms. The SMILES string of the molecule is O=C(NCc1nnc2cc(-c3nc(C4CC4)no3)ccn12)c1ccc(F)c(F)c1. The van der Waals surface area contributed by atoms with Crippen molar-refractivity contribution in [3.05, 3.63) is 65.4 Å². The first-order chi connectivity index (χ1) is 14.1. The van der Waals surface area contributed by atoms with Gasteiger partial charge in [0.2, 0.25) is 0 Å². The van der Waals surface area contributed by atoms with Crippen LogP contribution >= 0.6 is 0 Å². The zero-order valence-corrected chi connectivity index (χ0v) is 15.0. The average Bonchev–Trinajstić information content (AvgIpc) is 3.32. The number of fused-ring (bicyclic) bond motifs is 1. The monoisotopic (exact) mass is 396 g/mol. The van der Waals surface area contributed by atoms with Crippen LogP contribution in [0, 0.1) is 11.6 Å². The van der Waals surface area contributed by atoms with Crippen molar-refractivity contribution in [2.45, 2.75) is 25.3 Å². The minimum atomic E-state index is -1.08. The van der Waals surface area contributed by atoms with Gasteiger partial charge in [-0.05, 0) is 43.2 Å². The normalized spacial score (nSPS) is 13.7. The summed E-state index contributed by atoms with van der Waals surface area (Å²) >= 11 is 0. The molecule has 1 amide bonds. The maximum Gasteiger partial charge on any atom is 0.258 e. The molecule has 1 saturated carbocycles. The average molecular weight is 396 g/mol. The summed E-state index contributed by atoms with van der Waals surface area (Å²) in [4.78, 5) is 16.6. The molecule has 0 saturated heterocycles. The maximum absolute atomic E-state index is 13.3. The van der Waals surface area contributed by atoms with E-state index < -0.39 is 17.5 Å². The van der Waals surface area contributed by atoms with Crippen molar-refractivity contribution >= 4 is 11.6 Å². The standard InChI is InChI=1S/C19H14F2N6O2/c20-13-4-3-11(7-14(13)21)18(28)22-9-16-25-24-15-8-12(5-6-27(15)16)19-23-17(26-29-19)10-1-2-10/h3-8,10H,1-2,9H2,(H,22,28). The molecule has 0 aliphatic heterocycles. The van der Waals surface area contributed by atoms with Crippen LogP contribution in [-0.4, -0.2) is 30.6 Å². The number of amides is 1. The van der Waals surface area contributed by atoms with Gasteiger partial charge in [0.25, 0.3) is 11.8 Å². The molecule has 29 heavy (non-hydrogen) atoms. The van der Waals surface area contributed by atoms with Crippen LogP contribution in [0.1, 0.15) is 40.8 Å². The van der Waals surface area contributed by atoms with Crippen LogP contribution < -0.4 is 5.32 Å². The first-order valence-electron chi connectivity index (χ1n) is 8.99. The predicted octanol–water partition coefficient (Wildman–Crippen LogP) is 2.86. The zero-order chi connectivity index (χ0) is 20.0. The number of halogens is 2. The molecule has 1 aliphatic carbocycles. The van der Waals surface area contributed by atoms with E-state index in [1.807, 2.05) is 0 Å². The molecule has 0 unspecified atom stereocenters. The van der Waals surface area contributed by atoms with E-state index in [2.05, 4.69) is 25.7 Å². The number of hydrogen-bond donors (Lipinski definition) is 1. The predicted molar refractivity (Wildman–Crippen MR) is 95.8 cm³/mol. The Labute approximate surface area is 162 Å². The first kappa shape index (κ1) is 17.4. The van der Waals surface area contributed by atoms with Crippen molar-refractivity contribution in [3.8, 4) is 11.5 Å². The van der Waals surface area contributed by atoms with E-state index >= 15 is 0 Å². The lowest BCUT2D eigenvalue weighted by Crippen LogP contribution is -2.24. The molecule has 3 aromatic heterocycles. The molecule has 0 bridgehead atoms. The van der Waals surface area contributed by atoms with Gasteiger partial charge in [0.15, 0.2) is 28.9 Å². The second-order valence-corrected chi connectivity index (χ2v) is 6.80. The van der Waals surface area contributed by atoms with Gasteiger partial charge in [0.05, 0.1) is 6.54 Å². The van der Waals surface area contributed by atoms with Gasteiger partial charge in [0, 0.05) is 23.2 Å². The third kappa shape index (κ3) is 3.33. The summed E-state index contributed by atoms with van der Waals surface area (Å²) in [7, 11) is 0. The highest BCUT2D eigenvalue weighted by atomic mass is 19.2. The first-order valence-corrected chi connectivity index (χ1v) is 8.99. The zero-order valence-electron chi connectivity index (χ0n) is 15.0. The highest BCUT2D eigenvalue weighted by Crippen LogP contribution is 2.38. The Bertz CT molecular complexity index is 1230. The van der Waals surface area contributed by atoms with Gasteiger partial charge in [0.1, 0.15) is 0 Å². The van der Waals surface area contributed by atoms with E-state index in [-0.39, 0.29) is 12.1 Å². The summed E-state index contributed by atoms with van der Waals surface area (Å²) in [5, 5.41) is 14.8. The van der Waals surface area contributed by atoms with E-state index in [0.717, 1.165) is 36.4 Å². The number of carbonyl (C=O) groups excluding carboxylic acids is 1. The van der Waals surface area contributed by atoms with Crippen LogP contribution in [0.25, 0.3) is 17.1 Å². The molecule has 3 heterocycles. The Kier molecular flexibility index (Phi) is 4.04. The molecule has 0 atom stereocenters. The van der Waals surface area contributed by atoms with Crippen LogP contribution in [0.2, 0.25) is 0 Å². The van der Waals surface area contributed by atoms with Gasteiger partial charge in [-0.2, -0.15) is 4.98 Å². The molecule has 10 heteroatoms. The van der Waals surface area contributed by atoms with Crippen LogP contribution in [0.5, 0.6) is 0 Å². The van der Waals surface area contributed by atoms with Gasteiger partial charge in [-0.3, -0.25) is 9.20 Å². The van der Waals surface area contributed by atoms with Gasteiger partial charge in [-0.25, -0.2) is 8.78 Å². The fourth-order valence-corrected chi connectivity index (χ4v) is 2.95. The van der Waals surface area contributed by atoms with Crippen molar-refractivity contribution < 1.29 is 18.1 Å². The summed E-state index contributed by atoms with van der Waals surface area (Å²) in [5.41, 5.74) is 1.29.